The Balaban J connectivity index is 2.32. The van der Waals surface area contributed by atoms with Gasteiger partial charge in [-0.05, 0) is 37.7 Å². The third-order valence-electron chi connectivity index (χ3n) is 3.33. The molecule has 1 atom stereocenters. The molecular formula is C12H16N2O2. The van der Waals surface area contributed by atoms with Crippen molar-refractivity contribution in [3.63, 3.8) is 0 Å². The van der Waals surface area contributed by atoms with Crippen molar-refractivity contribution < 1.29 is 9.90 Å². The van der Waals surface area contributed by atoms with Crippen LogP contribution in [0.5, 0.6) is 0 Å². The van der Waals surface area contributed by atoms with Crippen LogP contribution in [0.4, 0.5) is 0 Å². The summed E-state index contributed by atoms with van der Waals surface area (Å²) in [7, 11) is 2.03. The van der Waals surface area contributed by atoms with Crippen molar-refractivity contribution in [1.29, 1.82) is 0 Å². The van der Waals surface area contributed by atoms with Crippen LogP contribution in [0, 0.1) is 0 Å². The number of aromatic nitrogens is 1. The molecule has 0 bridgehead atoms. The molecule has 0 spiro atoms. The number of likely N-dealkylation sites (tertiary alicyclic amines) is 1. The van der Waals surface area contributed by atoms with Gasteiger partial charge in [0.15, 0.2) is 0 Å². The highest BCUT2D eigenvalue weighted by molar-refractivity contribution is 5.69. The minimum Gasteiger partial charge on any atom is -0.481 e. The highest BCUT2D eigenvalue weighted by Gasteiger charge is 2.40. The predicted molar refractivity (Wildman–Crippen MR) is 60.3 cm³/mol. The monoisotopic (exact) mass is 220 g/mol. The van der Waals surface area contributed by atoms with Gasteiger partial charge in [-0.1, -0.05) is 0 Å². The molecule has 0 aromatic carbocycles. The summed E-state index contributed by atoms with van der Waals surface area (Å²) in [4.78, 5) is 17.2. The Hall–Kier alpha value is -1.42. The molecule has 16 heavy (non-hydrogen) atoms. The van der Waals surface area contributed by atoms with Gasteiger partial charge in [-0.2, -0.15) is 0 Å². The number of carboxylic acid groups (broad SMARTS) is 1. The number of carbonyl (C=O) groups is 1. The molecular weight excluding hydrogens is 204 g/mol. The second-order valence-corrected chi connectivity index (χ2v) is 4.57. The van der Waals surface area contributed by atoms with E-state index >= 15 is 0 Å². The van der Waals surface area contributed by atoms with Crippen LogP contribution in [0.25, 0.3) is 0 Å². The van der Waals surface area contributed by atoms with E-state index in [9.17, 15) is 4.79 Å². The average Bonchev–Trinajstić information content (AvgIpc) is 2.62. The number of rotatable bonds is 3. The Labute approximate surface area is 94.9 Å². The third kappa shape index (κ3) is 2.07. The first-order chi connectivity index (χ1) is 7.62. The highest BCUT2D eigenvalue weighted by atomic mass is 16.4. The van der Waals surface area contributed by atoms with Gasteiger partial charge >= 0.3 is 5.97 Å². The average molecular weight is 220 g/mol. The number of aliphatic carboxylic acids is 1. The fraction of sp³-hybridized carbons (Fsp3) is 0.500. The molecule has 86 valence electrons. The molecule has 0 saturated carbocycles. The van der Waals surface area contributed by atoms with E-state index < -0.39 is 5.97 Å². The summed E-state index contributed by atoms with van der Waals surface area (Å²) in [5.74, 6) is -0.730. The lowest BCUT2D eigenvalue weighted by atomic mass is 9.77. The van der Waals surface area contributed by atoms with Gasteiger partial charge in [-0.25, -0.2) is 0 Å². The molecule has 4 heteroatoms. The van der Waals surface area contributed by atoms with Crippen LogP contribution in [-0.2, 0) is 10.2 Å². The van der Waals surface area contributed by atoms with Crippen LogP contribution in [0.1, 0.15) is 18.4 Å². The molecule has 1 fully saturated rings. The summed E-state index contributed by atoms with van der Waals surface area (Å²) >= 11 is 0. The molecule has 1 aromatic rings. The number of hydrogen-bond donors (Lipinski definition) is 1. The molecule has 2 heterocycles. The summed E-state index contributed by atoms with van der Waals surface area (Å²) in [6, 6.07) is 3.87. The van der Waals surface area contributed by atoms with Crippen molar-refractivity contribution in [2.45, 2.75) is 18.3 Å². The lowest BCUT2D eigenvalue weighted by Crippen LogP contribution is -2.32. The van der Waals surface area contributed by atoms with Gasteiger partial charge < -0.3 is 10.0 Å². The molecule has 0 aliphatic carbocycles. The van der Waals surface area contributed by atoms with E-state index in [1.54, 1.807) is 12.4 Å². The zero-order chi connectivity index (χ0) is 11.6. The minimum absolute atomic E-state index is 0.196. The molecule has 2 rings (SSSR count). The van der Waals surface area contributed by atoms with Crippen molar-refractivity contribution in [1.82, 2.24) is 9.88 Å². The molecule has 1 unspecified atom stereocenters. The normalized spacial score (nSPS) is 25.8. The smallest absolute Gasteiger partial charge is 0.304 e. The molecule has 1 aromatic heterocycles. The Kier molecular flexibility index (Phi) is 2.92. The van der Waals surface area contributed by atoms with E-state index in [1.165, 1.54) is 0 Å². The maximum absolute atomic E-state index is 11.0. The quantitative estimate of drug-likeness (QED) is 0.829. The van der Waals surface area contributed by atoms with Gasteiger partial charge in [-0.3, -0.25) is 9.78 Å². The van der Waals surface area contributed by atoms with Crippen molar-refractivity contribution in [3.8, 4) is 0 Å². The van der Waals surface area contributed by atoms with Crippen LogP contribution >= 0.6 is 0 Å². The second-order valence-electron chi connectivity index (χ2n) is 4.57. The summed E-state index contributed by atoms with van der Waals surface area (Å²) in [5.41, 5.74) is 0.859. The standard InChI is InChI=1S/C12H16N2O2/c1-14-7-4-12(9-14,8-11(15)16)10-2-5-13-6-3-10/h2-3,5-6H,4,7-9H2,1H3,(H,15,16). The van der Waals surface area contributed by atoms with Gasteiger partial charge in [0.25, 0.3) is 0 Å². The van der Waals surface area contributed by atoms with Crippen LogP contribution in [0.3, 0.4) is 0 Å². The Morgan fingerprint density at radius 3 is 2.75 bits per heavy atom. The van der Waals surface area contributed by atoms with Crippen LogP contribution in [0.2, 0.25) is 0 Å². The molecule has 0 radical (unpaired) electrons. The van der Waals surface area contributed by atoms with Crippen molar-refractivity contribution in [2.24, 2.45) is 0 Å². The van der Waals surface area contributed by atoms with Crippen LogP contribution < -0.4 is 0 Å². The van der Waals surface area contributed by atoms with E-state index in [1.807, 2.05) is 19.2 Å². The van der Waals surface area contributed by atoms with E-state index in [4.69, 9.17) is 5.11 Å². The largest absolute Gasteiger partial charge is 0.481 e. The Bertz CT molecular complexity index is 380. The van der Waals surface area contributed by atoms with E-state index in [2.05, 4.69) is 9.88 Å². The fourth-order valence-corrected chi connectivity index (χ4v) is 2.56. The highest BCUT2D eigenvalue weighted by Crippen LogP contribution is 2.36. The molecule has 4 nitrogen and oxygen atoms in total. The topological polar surface area (TPSA) is 53.4 Å². The number of likely N-dealkylation sites (N-methyl/N-ethyl adjacent to an activating group) is 1. The number of pyridine rings is 1. The Morgan fingerprint density at radius 2 is 2.25 bits per heavy atom. The van der Waals surface area contributed by atoms with Gasteiger partial charge in [0.05, 0.1) is 6.42 Å². The van der Waals surface area contributed by atoms with Crippen molar-refractivity contribution in [2.75, 3.05) is 20.1 Å². The van der Waals surface area contributed by atoms with E-state index in [0.29, 0.717) is 0 Å². The molecule has 1 N–H and O–H groups in total. The zero-order valence-electron chi connectivity index (χ0n) is 9.39. The van der Waals surface area contributed by atoms with Gasteiger partial charge in [0.2, 0.25) is 0 Å². The van der Waals surface area contributed by atoms with Crippen molar-refractivity contribution >= 4 is 5.97 Å². The molecule has 1 aliphatic rings. The number of nitrogens with zero attached hydrogens (tertiary/aromatic N) is 2. The molecule has 1 aliphatic heterocycles. The zero-order valence-corrected chi connectivity index (χ0v) is 9.39. The second kappa shape index (κ2) is 4.22. The third-order valence-corrected chi connectivity index (χ3v) is 3.33. The first-order valence-electron chi connectivity index (χ1n) is 5.43. The first-order valence-corrected chi connectivity index (χ1v) is 5.43. The van der Waals surface area contributed by atoms with Gasteiger partial charge in [-0.15, -0.1) is 0 Å². The minimum atomic E-state index is -0.730. The van der Waals surface area contributed by atoms with Gasteiger partial charge in [0.1, 0.15) is 0 Å². The van der Waals surface area contributed by atoms with E-state index in [0.717, 1.165) is 25.1 Å². The summed E-state index contributed by atoms with van der Waals surface area (Å²) in [6.45, 7) is 1.76. The Morgan fingerprint density at radius 1 is 1.56 bits per heavy atom. The van der Waals surface area contributed by atoms with Crippen molar-refractivity contribution in [3.05, 3.63) is 30.1 Å². The van der Waals surface area contributed by atoms with Gasteiger partial charge in [0, 0.05) is 24.4 Å². The maximum Gasteiger partial charge on any atom is 0.304 e. The predicted octanol–water partition coefficient (Wildman–Crippen LogP) is 1.13. The lowest BCUT2D eigenvalue weighted by molar-refractivity contribution is -0.138. The summed E-state index contributed by atoms with van der Waals surface area (Å²) in [5, 5.41) is 9.05. The summed E-state index contributed by atoms with van der Waals surface area (Å²) in [6.07, 6.45) is 4.57. The first kappa shape index (κ1) is 11.1. The van der Waals surface area contributed by atoms with E-state index in [-0.39, 0.29) is 11.8 Å². The van der Waals surface area contributed by atoms with Crippen LogP contribution in [-0.4, -0.2) is 41.1 Å². The maximum atomic E-state index is 11.0. The molecule has 0 amide bonds. The van der Waals surface area contributed by atoms with Crippen LogP contribution in [0.15, 0.2) is 24.5 Å². The molecule has 1 saturated heterocycles. The lowest BCUT2D eigenvalue weighted by Gasteiger charge is -2.27. The fourth-order valence-electron chi connectivity index (χ4n) is 2.56. The number of hydrogen-bond acceptors (Lipinski definition) is 3. The number of carboxylic acids is 1. The summed E-state index contributed by atoms with van der Waals surface area (Å²) < 4.78 is 0. The SMILES string of the molecule is CN1CCC(CC(=O)O)(c2ccncc2)C1.